The first kappa shape index (κ1) is 19.3. The topological polar surface area (TPSA) is 111 Å². The Morgan fingerprint density at radius 3 is 2.58 bits per heavy atom. The van der Waals surface area contributed by atoms with Crippen molar-refractivity contribution < 1.29 is 9.85 Å². The van der Waals surface area contributed by atoms with Crippen molar-refractivity contribution >= 4 is 23.3 Å². The molecule has 0 radical (unpaired) electrons. The average molecular weight is 334 g/mol. The molecule has 0 fully saturated rings. The number of rotatable bonds is 9. The summed E-state index contributed by atoms with van der Waals surface area (Å²) < 4.78 is 0. The van der Waals surface area contributed by atoms with E-state index in [4.69, 9.17) is 0 Å². The van der Waals surface area contributed by atoms with Crippen LogP contribution in [0.25, 0.3) is 0 Å². The van der Waals surface area contributed by atoms with Gasteiger partial charge >= 0.3 is 5.69 Å². The quantitative estimate of drug-likeness (QED) is 0.305. The number of anilines is 1. The molecule has 0 aromatic heterocycles. The van der Waals surface area contributed by atoms with Crippen LogP contribution in [0.1, 0.15) is 40.0 Å². The summed E-state index contributed by atoms with van der Waals surface area (Å²) in [5.41, 5.74) is 3.30. The highest BCUT2D eigenvalue weighted by atomic mass is 16.6. The summed E-state index contributed by atoms with van der Waals surface area (Å²) in [6, 6.07) is 3.40. The standard InChI is InChI=1S/C16H22N4O4/c1-12(2)5-4-6-13(3)9-10-17-18-15-8-7-14(19(21)22)11-16(15)20(23)24/h5,7-8,10-11,13,18H,4,6,9H2,1-3H3/b17-10-. The van der Waals surface area contributed by atoms with E-state index in [-0.39, 0.29) is 17.1 Å². The summed E-state index contributed by atoms with van der Waals surface area (Å²) in [4.78, 5) is 20.3. The number of non-ortho nitro benzene ring substituents is 1. The second-order valence-corrected chi connectivity index (χ2v) is 5.84. The molecule has 0 aliphatic carbocycles. The van der Waals surface area contributed by atoms with E-state index in [0.29, 0.717) is 5.92 Å². The minimum atomic E-state index is -0.674. The van der Waals surface area contributed by atoms with Gasteiger partial charge in [-0.2, -0.15) is 5.10 Å². The average Bonchev–Trinajstić information content (AvgIpc) is 2.50. The van der Waals surface area contributed by atoms with E-state index in [1.54, 1.807) is 6.21 Å². The van der Waals surface area contributed by atoms with Crippen molar-refractivity contribution in [3.05, 3.63) is 50.1 Å². The van der Waals surface area contributed by atoms with Gasteiger partial charge in [-0.3, -0.25) is 25.7 Å². The van der Waals surface area contributed by atoms with Crippen molar-refractivity contribution in [1.82, 2.24) is 0 Å². The van der Waals surface area contributed by atoms with Gasteiger partial charge in [-0.05, 0) is 45.1 Å². The Bertz CT molecular complexity index is 651. The third kappa shape index (κ3) is 6.55. The van der Waals surface area contributed by atoms with Gasteiger partial charge in [0, 0.05) is 12.3 Å². The molecule has 0 saturated heterocycles. The van der Waals surface area contributed by atoms with Crippen molar-refractivity contribution in [2.45, 2.75) is 40.0 Å². The first-order valence-electron chi connectivity index (χ1n) is 7.65. The zero-order valence-corrected chi connectivity index (χ0v) is 14.1. The largest absolute Gasteiger partial charge is 0.301 e. The van der Waals surface area contributed by atoms with Gasteiger partial charge < -0.3 is 0 Å². The Labute approximate surface area is 140 Å². The Hall–Kier alpha value is -2.77. The molecule has 0 bridgehead atoms. The predicted molar refractivity (Wildman–Crippen MR) is 94.3 cm³/mol. The van der Waals surface area contributed by atoms with Crippen LogP contribution in [0.2, 0.25) is 0 Å². The molecule has 1 aromatic rings. The first-order valence-corrected chi connectivity index (χ1v) is 7.65. The van der Waals surface area contributed by atoms with Gasteiger partial charge in [0.05, 0.1) is 15.9 Å². The second-order valence-electron chi connectivity index (χ2n) is 5.84. The summed E-state index contributed by atoms with van der Waals surface area (Å²) in [5.74, 6) is 0.443. The van der Waals surface area contributed by atoms with Crippen LogP contribution in [0, 0.1) is 26.1 Å². The summed E-state index contributed by atoms with van der Waals surface area (Å²) in [6.45, 7) is 6.24. The summed E-state index contributed by atoms with van der Waals surface area (Å²) >= 11 is 0. The van der Waals surface area contributed by atoms with E-state index in [9.17, 15) is 20.2 Å². The fourth-order valence-corrected chi connectivity index (χ4v) is 2.00. The van der Waals surface area contributed by atoms with Gasteiger partial charge in [-0.1, -0.05) is 18.6 Å². The van der Waals surface area contributed by atoms with Crippen LogP contribution in [-0.2, 0) is 0 Å². The lowest BCUT2D eigenvalue weighted by atomic mass is 10.0. The summed E-state index contributed by atoms with van der Waals surface area (Å²) in [5, 5.41) is 25.7. The van der Waals surface area contributed by atoms with Crippen LogP contribution in [0.5, 0.6) is 0 Å². The number of nitro benzene ring substituents is 2. The molecule has 0 spiro atoms. The fourth-order valence-electron chi connectivity index (χ4n) is 2.00. The van der Waals surface area contributed by atoms with Crippen LogP contribution < -0.4 is 5.43 Å². The number of hydrogen-bond donors (Lipinski definition) is 1. The van der Waals surface area contributed by atoms with Gasteiger partial charge in [-0.25, -0.2) is 0 Å². The molecule has 1 aromatic carbocycles. The van der Waals surface area contributed by atoms with E-state index in [1.165, 1.54) is 17.7 Å². The predicted octanol–water partition coefficient (Wildman–Crippen LogP) is 4.67. The molecule has 8 heteroatoms. The monoisotopic (exact) mass is 334 g/mol. The number of nitrogens with zero attached hydrogens (tertiary/aromatic N) is 3. The number of nitro groups is 2. The lowest BCUT2D eigenvalue weighted by Crippen LogP contribution is -2.00. The summed E-state index contributed by atoms with van der Waals surface area (Å²) in [7, 11) is 0. The van der Waals surface area contributed by atoms with E-state index in [2.05, 4.69) is 37.4 Å². The molecule has 1 rings (SSSR count). The van der Waals surface area contributed by atoms with Crippen LogP contribution in [0.15, 0.2) is 34.9 Å². The molecular weight excluding hydrogens is 312 g/mol. The molecule has 0 heterocycles. The van der Waals surface area contributed by atoms with E-state index in [1.807, 2.05) is 0 Å². The van der Waals surface area contributed by atoms with Crippen molar-refractivity contribution in [3.63, 3.8) is 0 Å². The highest BCUT2D eigenvalue weighted by Gasteiger charge is 2.18. The number of hydrogen-bond acceptors (Lipinski definition) is 6. The molecule has 1 unspecified atom stereocenters. The number of benzene rings is 1. The van der Waals surface area contributed by atoms with Gasteiger partial charge in [0.1, 0.15) is 5.69 Å². The van der Waals surface area contributed by atoms with E-state index >= 15 is 0 Å². The smallest absolute Gasteiger partial charge is 0.272 e. The van der Waals surface area contributed by atoms with Crippen LogP contribution in [0.4, 0.5) is 17.1 Å². The molecule has 130 valence electrons. The highest BCUT2D eigenvalue weighted by molar-refractivity contribution is 5.67. The van der Waals surface area contributed by atoms with E-state index < -0.39 is 9.85 Å². The molecule has 1 N–H and O–H groups in total. The molecule has 0 aliphatic heterocycles. The molecule has 0 amide bonds. The highest BCUT2D eigenvalue weighted by Crippen LogP contribution is 2.28. The fraction of sp³-hybridized carbons (Fsp3) is 0.438. The van der Waals surface area contributed by atoms with Gasteiger partial charge in [0.25, 0.3) is 5.69 Å². The Morgan fingerprint density at radius 1 is 1.29 bits per heavy atom. The molecule has 24 heavy (non-hydrogen) atoms. The zero-order valence-electron chi connectivity index (χ0n) is 14.1. The molecule has 0 saturated carbocycles. The SMILES string of the molecule is CC(C)=CCCC(C)C/C=N\Nc1ccc([N+](=O)[O-])cc1[N+](=O)[O-]. The van der Waals surface area contributed by atoms with Gasteiger partial charge in [-0.15, -0.1) is 0 Å². The molecule has 8 nitrogen and oxygen atoms in total. The maximum absolute atomic E-state index is 11.0. The van der Waals surface area contributed by atoms with Crippen LogP contribution >= 0.6 is 0 Å². The Balaban J connectivity index is 2.62. The number of nitrogens with one attached hydrogen (secondary N) is 1. The third-order valence-electron chi connectivity index (χ3n) is 3.38. The van der Waals surface area contributed by atoms with E-state index in [0.717, 1.165) is 25.3 Å². The minimum Gasteiger partial charge on any atom is -0.272 e. The Morgan fingerprint density at radius 2 is 2.00 bits per heavy atom. The number of hydrazone groups is 1. The van der Waals surface area contributed by atoms with Crippen molar-refractivity contribution in [2.75, 3.05) is 5.43 Å². The Kier molecular flexibility index (Phi) is 7.54. The van der Waals surface area contributed by atoms with Crippen molar-refractivity contribution in [1.29, 1.82) is 0 Å². The van der Waals surface area contributed by atoms with Gasteiger partial charge in [0.15, 0.2) is 0 Å². The lowest BCUT2D eigenvalue weighted by Gasteiger charge is -2.06. The molecule has 0 aliphatic rings. The second kappa shape index (κ2) is 9.39. The van der Waals surface area contributed by atoms with Crippen LogP contribution in [-0.4, -0.2) is 16.1 Å². The maximum Gasteiger partial charge on any atom is 0.301 e. The lowest BCUT2D eigenvalue weighted by molar-refractivity contribution is -0.393. The van der Waals surface area contributed by atoms with Crippen molar-refractivity contribution in [2.24, 2.45) is 11.0 Å². The summed E-state index contributed by atoms with van der Waals surface area (Å²) in [6.07, 6.45) is 6.64. The molecular formula is C16H22N4O4. The van der Waals surface area contributed by atoms with Crippen LogP contribution in [0.3, 0.4) is 0 Å². The van der Waals surface area contributed by atoms with Crippen molar-refractivity contribution in [3.8, 4) is 0 Å². The number of allylic oxidation sites excluding steroid dienone is 2. The van der Waals surface area contributed by atoms with Gasteiger partial charge in [0.2, 0.25) is 0 Å². The molecule has 1 atom stereocenters. The maximum atomic E-state index is 11.0. The zero-order chi connectivity index (χ0) is 18.1. The third-order valence-corrected chi connectivity index (χ3v) is 3.38. The normalized spacial score (nSPS) is 12.0. The first-order chi connectivity index (χ1) is 11.3. The minimum absolute atomic E-state index is 0.124.